The lowest BCUT2D eigenvalue weighted by Gasteiger charge is -2.23. The topological polar surface area (TPSA) is 53.7 Å². The second-order valence-electron chi connectivity index (χ2n) is 5.65. The summed E-state index contributed by atoms with van der Waals surface area (Å²) in [4.78, 5) is 0. The third kappa shape index (κ3) is 2.36. The van der Waals surface area contributed by atoms with Crippen molar-refractivity contribution in [1.29, 1.82) is 0 Å². The Balaban J connectivity index is 1.89. The first-order valence-electron chi connectivity index (χ1n) is 7.44. The fourth-order valence-electron chi connectivity index (χ4n) is 3.03. The fraction of sp³-hybridized carbons (Fsp3) is 0.176. The Labute approximate surface area is 148 Å². The Kier molecular flexibility index (Phi) is 3.72. The number of aliphatic hydroxyl groups is 1. The van der Waals surface area contributed by atoms with Gasteiger partial charge in [0.1, 0.15) is 6.73 Å². The SMILES string of the molecule is Cn1nc2c3c(c(Cl)ccc31)C(Cc1ccc(Cl)cc1)=NN2CO. The standard InChI is InChI=1S/C17H14Cl2N4O/c1-22-14-7-6-12(19)15-13(8-10-2-4-11(18)5-3-10)20-23(9-24)17(21-22)16(14)15/h2-7,24H,8-9H2,1H3. The van der Waals surface area contributed by atoms with E-state index in [9.17, 15) is 5.11 Å². The van der Waals surface area contributed by atoms with Crippen LogP contribution in [0.5, 0.6) is 0 Å². The highest BCUT2D eigenvalue weighted by molar-refractivity contribution is 6.37. The molecule has 0 saturated heterocycles. The number of nitrogens with zero attached hydrogens (tertiary/aromatic N) is 4. The Morgan fingerprint density at radius 3 is 2.54 bits per heavy atom. The zero-order chi connectivity index (χ0) is 16.8. The first-order valence-corrected chi connectivity index (χ1v) is 8.20. The maximum atomic E-state index is 9.69. The van der Waals surface area contributed by atoms with Crippen molar-refractivity contribution in [3.63, 3.8) is 0 Å². The number of hydrogen-bond acceptors (Lipinski definition) is 4. The minimum absolute atomic E-state index is 0.248. The van der Waals surface area contributed by atoms with Crippen LogP contribution in [0.15, 0.2) is 41.5 Å². The van der Waals surface area contributed by atoms with Gasteiger partial charge >= 0.3 is 0 Å². The first-order chi connectivity index (χ1) is 11.6. The van der Waals surface area contributed by atoms with E-state index in [0.29, 0.717) is 22.3 Å². The van der Waals surface area contributed by atoms with Gasteiger partial charge in [0.05, 0.1) is 21.6 Å². The van der Waals surface area contributed by atoms with Gasteiger partial charge < -0.3 is 5.11 Å². The fourth-order valence-corrected chi connectivity index (χ4v) is 3.42. The Morgan fingerprint density at radius 1 is 1.08 bits per heavy atom. The number of halogens is 2. The van der Waals surface area contributed by atoms with Crippen LogP contribution in [0.4, 0.5) is 5.82 Å². The van der Waals surface area contributed by atoms with Crippen molar-refractivity contribution in [2.45, 2.75) is 6.42 Å². The molecule has 7 heteroatoms. The van der Waals surface area contributed by atoms with E-state index in [0.717, 1.165) is 27.7 Å². The highest BCUT2D eigenvalue weighted by Gasteiger charge is 2.27. The summed E-state index contributed by atoms with van der Waals surface area (Å²) in [5.41, 5.74) is 3.68. The third-order valence-electron chi connectivity index (χ3n) is 4.14. The van der Waals surface area contributed by atoms with Crippen molar-refractivity contribution in [2.24, 2.45) is 12.1 Å². The van der Waals surface area contributed by atoms with Gasteiger partial charge in [-0.25, -0.2) is 5.01 Å². The number of hydrazone groups is 1. The summed E-state index contributed by atoms with van der Waals surface area (Å²) in [7, 11) is 1.86. The van der Waals surface area contributed by atoms with Crippen LogP contribution >= 0.6 is 23.2 Å². The van der Waals surface area contributed by atoms with Gasteiger partial charge in [-0.2, -0.15) is 10.2 Å². The predicted octanol–water partition coefficient (Wildman–Crippen LogP) is 3.60. The summed E-state index contributed by atoms with van der Waals surface area (Å²) in [6.07, 6.45) is 0.584. The maximum Gasteiger partial charge on any atom is 0.181 e. The molecule has 0 aliphatic carbocycles. The highest BCUT2D eigenvalue weighted by Crippen LogP contribution is 2.37. The molecule has 5 nitrogen and oxygen atoms in total. The van der Waals surface area contributed by atoms with Crippen LogP contribution in [-0.4, -0.2) is 27.3 Å². The molecule has 0 spiro atoms. The summed E-state index contributed by atoms with van der Waals surface area (Å²) in [6.45, 7) is -0.248. The van der Waals surface area contributed by atoms with Crippen LogP contribution < -0.4 is 5.01 Å². The second-order valence-corrected chi connectivity index (χ2v) is 6.50. The van der Waals surface area contributed by atoms with Gasteiger partial charge in [-0.3, -0.25) is 4.68 Å². The van der Waals surface area contributed by atoms with Crippen LogP contribution in [0.1, 0.15) is 11.1 Å². The Morgan fingerprint density at radius 2 is 1.83 bits per heavy atom. The average Bonchev–Trinajstić information content (AvgIpc) is 2.91. The van der Waals surface area contributed by atoms with Gasteiger partial charge in [-0.1, -0.05) is 35.3 Å². The molecule has 24 heavy (non-hydrogen) atoms. The summed E-state index contributed by atoms with van der Waals surface area (Å²) in [5, 5.41) is 22.4. The summed E-state index contributed by atoms with van der Waals surface area (Å²) < 4.78 is 1.77. The molecule has 0 unspecified atom stereocenters. The first kappa shape index (κ1) is 15.4. The molecule has 0 saturated carbocycles. The number of anilines is 1. The molecule has 2 aromatic carbocycles. The zero-order valence-electron chi connectivity index (χ0n) is 12.9. The molecule has 1 aliphatic heterocycles. The van der Waals surface area contributed by atoms with Crippen molar-refractivity contribution < 1.29 is 5.11 Å². The second kappa shape index (κ2) is 5.77. The molecule has 4 rings (SSSR count). The number of aryl methyl sites for hydroxylation is 1. The van der Waals surface area contributed by atoms with E-state index in [1.54, 1.807) is 4.68 Å². The average molecular weight is 361 g/mol. The number of aromatic nitrogens is 2. The van der Waals surface area contributed by atoms with Crippen LogP contribution in [0.25, 0.3) is 10.9 Å². The minimum atomic E-state index is -0.248. The van der Waals surface area contributed by atoms with E-state index in [2.05, 4.69) is 10.2 Å². The Hall–Kier alpha value is -2.08. The molecular weight excluding hydrogens is 347 g/mol. The van der Waals surface area contributed by atoms with E-state index in [1.165, 1.54) is 5.01 Å². The molecule has 0 bridgehead atoms. The quantitative estimate of drug-likeness (QED) is 0.776. The number of hydrogen-bond donors (Lipinski definition) is 1. The van der Waals surface area contributed by atoms with Gasteiger partial charge in [0, 0.05) is 24.1 Å². The molecule has 0 amide bonds. The van der Waals surface area contributed by atoms with Gasteiger partial charge in [-0.15, -0.1) is 0 Å². The molecule has 0 atom stereocenters. The van der Waals surface area contributed by atoms with Crippen LogP contribution in [0, 0.1) is 0 Å². The lowest BCUT2D eigenvalue weighted by Crippen LogP contribution is -2.25. The van der Waals surface area contributed by atoms with Crippen molar-refractivity contribution in [1.82, 2.24) is 9.78 Å². The normalized spacial score (nSPS) is 13.5. The van der Waals surface area contributed by atoms with Gasteiger partial charge in [0.15, 0.2) is 5.82 Å². The number of rotatable bonds is 3. The van der Waals surface area contributed by atoms with Crippen LogP contribution in [0.2, 0.25) is 10.0 Å². The van der Waals surface area contributed by atoms with E-state index >= 15 is 0 Å². The van der Waals surface area contributed by atoms with E-state index in [4.69, 9.17) is 23.2 Å². The van der Waals surface area contributed by atoms with Gasteiger partial charge in [0.2, 0.25) is 0 Å². The number of benzene rings is 2. The highest BCUT2D eigenvalue weighted by atomic mass is 35.5. The maximum absolute atomic E-state index is 9.69. The van der Waals surface area contributed by atoms with Crippen molar-refractivity contribution in [3.8, 4) is 0 Å². The Bertz CT molecular complexity index is 963. The zero-order valence-corrected chi connectivity index (χ0v) is 14.4. The lowest BCUT2D eigenvalue weighted by atomic mass is 9.98. The predicted molar refractivity (Wildman–Crippen MR) is 97.0 cm³/mol. The molecule has 0 fully saturated rings. The van der Waals surface area contributed by atoms with E-state index < -0.39 is 0 Å². The largest absolute Gasteiger partial charge is 0.374 e. The van der Waals surface area contributed by atoms with Gasteiger partial charge in [0.25, 0.3) is 0 Å². The smallest absolute Gasteiger partial charge is 0.181 e. The number of aliphatic hydroxyl groups excluding tert-OH is 1. The minimum Gasteiger partial charge on any atom is -0.374 e. The molecule has 1 aliphatic rings. The summed E-state index contributed by atoms with van der Waals surface area (Å²) >= 11 is 12.4. The molecule has 2 heterocycles. The van der Waals surface area contributed by atoms with Crippen LogP contribution in [0.3, 0.4) is 0 Å². The summed E-state index contributed by atoms with van der Waals surface area (Å²) in [6, 6.07) is 11.4. The van der Waals surface area contributed by atoms with Crippen LogP contribution in [-0.2, 0) is 13.5 Å². The van der Waals surface area contributed by atoms with E-state index in [1.807, 2.05) is 43.4 Å². The molecule has 3 aromatic rings. The van der Waals surface area contributed by atoms with Gasteiger partial charge in [-0.05, 0) is 29.8 Å². The lowest BCUT2D eigenvalue weighted by molar-refractivity contribution is 0.291. The summed E-state index contributed by atoms with van der Waals surface area (Å²) in [5.74, 6) is 0.618. The van der Waals surface area contributed by atoms with Crippen molar-refractivity contribution in [2.75, 3.05) is 11.7 Å². The van der Waals surface area contributed by atoms with Crippen molar-refractivity contribution >= 4 is 45.6 Å². The molecular formula is C17H14Cl2N4O. The molecule has 1 N–H and O–H groups in total. The third-order valence-corrected chi connectivity index (χ3v) is 4.71. The molecule has 0 radical (unpaired) electrons. The monoisotopic (exact) mass is 360 g/mol. The van der Waals surface area contributed by atoms with E-state index in [-0.39, 0.29) is 6.73 Å². The van der Waals surface area contributed by atoms with Crippen molar-refractivity contribution in [3.05, 3.63) is 57.6 Å². The molecule has 1 aromatic heterocycles. The molecule has 122 valence electrons.